The molecule has 23 heavy (non-hydrogen) atoms. The minimum absolute atomic E-state index is 0.277. The van der Waals surface area contributed by atoms with Gasteiger partial charge in [-0.05, 0) is 43.1 Å². The van der Waals surface area contributed by atoms with Crippen LogP contribution in [-0.4, -0.2) is 24.5 Å². The Kier molecular flexibility index (Phi) is 5.92. The normalized spacial score (nSPS) is 13.0. The summed E-state index contributed by atoms with van der Waals surface area (Å²) in [6.45, 7) is 13.3. The van der Waals surface area contributed by atoms with Crippen molar-refractivity contribution < 1.29 is 4.43 Å². The van der Waals surface area contributed by atoms with Crippen LogP contribution < -0.4 is 0 Å². The monoisotopic (exact) mass is 352 g/mol. The van der Waals surface area contributed by atoms with Crippen molar-refractivity contribution in [3.63, 3.8) is 0 Å². The van der Waals surface area contributed by atoms with E-state index in [0.717, 1.165) is 37.3 Å². The fourth-order valence-electron chi connectivity index (χ4n) is 2.39. The molecule has 0 aliphatic rings. The molecule has 0 radical (unpaired) electrons. The fourth-order valence-corrected chi connectivity index (χ4v) is 3.68. The molecule has 0 aliphatic carbocycles. The van der Waals surface area contributed by atoms with Crippen molar-refractivity contribution in [1.82, 2.24) is 9.55 Å². The third-order valence-corrected chi connectivity index (χ3v) is 9.68. The summed E-state index contributed by atoms with van der Waals surface area (Å²) in [4.78, 5) is 4.61. The van der Waals surface area contributed by atoms with Crippen LogP contribution in [0.2, 0.25) is 18.1 Å². The van der Waals surface area contributed by atoms with Crippen molar-refractivity contribution in [2.75, 3.05) is 6.61 Å². The van der Waals surface area contributed by atoms with Crippen LogP contribution in [0.15, 0.2) is 24.3 Å². The Morgan fingerprint density at radius 1 is 1.17 bits per heavy atom. The van der Waals surface area contributed by atoms with E-state index < -0.39 is 8.32 Å². The molecule has 2 aromatic rings. The molecular formula is C18H29ClN2OSi. The molecule has 1 aromatic carbocycles. The summed E-state index contributed by atoms with van der Waals surface area (Å²) in [5.74, 6) is 1.41. The maximum Gasteiger partial charge on any atom is 0.191 e. The van der Waals surface area contributed by atoms with Gasteiger partial charge in [-0.2, -0.15) is 0 Å². The Labute approximate surface area is 146 Å². The molecule has 0 spiro atoms. The molecule has 128 valence electrons. The first-order valence-corrected chi connectivity index (χ1v) is 11.8. The Balaban J connectivity index is 1.90. The highest BCUT2D eigenvalue weighted by Gasteiger charge is 2.36. The summed E-state index contributed by atoms with van der Waals surface area (Å²) in [7, 11) is -1.62. The number of nitrogens with zero attached hydrogens (tertiary/aromatic N) is 2. The first kappa shape index (κ1) is 18.5. The maximum atomic E-state index is 6.25. The molecule has 0 saturated carbocycles. The summed E-state index contributed by atoms with van der Waals surface area (Å²) in [6.07, 6.45) is 2.15. The third kappa shape index (κ3) is 4.37. The second-order valence-electron chi connectivity index (χ2n) is 7.62. The van der Waals surface area contributed by atoms with Gasteiger partial charge in [0.2, 0.25) is 0 Å². The highest BCUT2D eigenvalue weighted by atomic mass is 35.5. The van der Waals surface area contributed by atoms with E-state index in [9.17, 15) is 0 Å². The van der Waals surface area contributed by atoms with Crippen LogP contribution in [0.25, 0.3) is 11.0 Å². The molecule has 0 saturated heterocycles. The minimum Gasteiger partial charge on any atom is -0.417 e. The van der Waals surface area contributed by atoms with Crippen molar-refractivity contribution in [2.45, 2.75) is 64.2 Å². The van der Waals surface area contributed by atoms with Gasteiger partial charge >= 0.3 is 0 Å². The van der Waals surface area contributed by atoms with E-state index in [0.29, 0.717) is 5.88 Å². The molecule has 0 bridgehead atoms. The first-order valence-electron chi connectivity index (χ1n) is 8.40. The van der Waals surface area contributed by atoms with E-state index in [1.165, 1.54) is 5.52 Å². The Hall–Kier alpha value is -0.843. The number of para-hydroxylation sites is 2. The van der Waals surface area contributed by atoms with Crippen LogP contribution in [0, 0.1) is 0 Å². The number of unbranched alkanes of at least 4 members (excludes halogenated alkanes) is 1. The zero-order chi connectivity index (χ0) is 17.1. The second-order valence-corrected chi connectivity index (χ2v) is 12.7. The summed E-state index contributed by atoms with van der Waals surface area (Å²) in [5.41, 5.74) is 2.20. The number of benzene rings is 1. The summed E-state index contributed by atoms with van der Waals surface area (Å²) < 4.78 is 8.49. The van der Waals surface area contributed by atoms with Crippen molar-refractivity contribution in [3.8, 4) is 0 Å². The van der Waals surface area contributed by atoms with Crippen LogP contribution >= 0.6 is 11.6 Å². The van der Waals surface area contributed by atoms with Crippen LogP contribution in [0.5, 0.6) is 0 Å². The quantitative estimate of drug-likeness (QED) is 0.369. The molecule has 0 N–H and O–H groups in total. The average molecular weight is 353 g/mol. The van der Waals surface area contributed by atoms with Gasteiger partial charge in [-0.15, -0.1) is 11.6 Å². The van der Waals surface area contributed by atoms with Gasteiger partial charge in [0.1, 0.15) is 5.82 Å². The zero-order valence-electron chi connectivity index (χ0n) is 15.0. The molecule has 0 unspecified atom stereocenters. The second kappa shape index (κ2) is 7.37. The van der Waals surface area contributed by atoms with E-state index in [-0.39, 0.29) is 5.04 Å². The molecule has 5 heteroatoms. The van der Waals surface area contributed by atoms with Gasteiger partial charge in [0.15, 0.2) is 8.32 Å². The standard InChI is InChI=1S/C18H29ClN2OSi/c1-18(2,3)23(4,5)22-13-9-8-12-21-16-11-7-6-10-15(16)20-17(21)14-19/h6-7,10-11H,8-9,12-14H2,1-5H3. The van der Waals surface area contributed by atoms with Gasteiger partial charge in [0, 0.05) is 13.2 Å². The Bertz CT molecular complexity index is 646. The molecule has 1 aromatic heterocycles. The summed E-state index contributed by atoms with van der Waals surface area (Å²) >= 11 is 6.05. The highest BCUT2D eigenvalue weighted by Crippen LogP contribution is 2.36. The van der Waals surface area contributed by atoms with Crippen molar-refractivity contribution in [3.05, 3.63) is 30.1 Å². The van der Waals surface area contributed by atoms with E-state index in [1.54, 1.807) is 0 Å². The summed E-state index contributed by atoms with van der Waals surface area (Å²) in [6, 6.07) is 8.23. The van der Waals surface area contributed by atoms with Crippen LogP contribution in [0.4, 0.5) is 0 Å². The third-order valence-electron chi connectivity index (χ3n) is 4.90. The van der Waals surface area contributed by atoms with Crippen molar-refractivity contribution >= 4 is 31.0 Å². The zero-order valence-corrected chi connectivity index (χ0v) is 16.8. The predicted octanol–water partition coefficient (Wildman–Crippen LogP) is 5.58. The van der Waals surface area contributed by atoms with Gasteiger partial charge in [-0.25, -0.2) is 4.98 Å². The topological polar surface area (TPSA) is 27.1 Å². The number of alkyl halides is 1. The van der Waals surface area contributed by atoms with E-state index in [4.69, 9.17) is 16.0 Å². The molecular weight excluding hydrogens is 324 g/mol. The first-order chi connectivity index (χ1) is 10.8. The molecule has 0 amide bonds. The van der Waals surface area contributed by atoms with Gasteiger partial charge in [0.25, 0.3) is 0 Å². The molecule has 0 atom stereocenters. The maximum absolute atomic E-state index is 6.25. The van der Waals surface area contributed by atoms with Crippen molar-refractivity contribution in [1.29, 1.82) is 0 Å². The lowest BCUT2D eigenvalue weighted by Crippen LogP contribution is -2.40. The lowest BCUT2D eigenvalue weighted by atomic mass is 10.2. The molecule has 0 fully saturated rings. The molecule has 0 aliphatic heterocycles. The van der Waals surface area contributed by atoms with Crippen LogP contribution in [0.3, 0.4) is 0 Å². The van der Waals surface area contributed by atoms with Crippen LogP contribution in [0.1, 0.15) is 39.4 Å². The molecule has 2 rings (SSSR count). The predicted molar refractivity (Wildman–Crippen MR) is 102 cm³/mol. The van der Waals surface area contributed by atoms with Crippen molar-refractivity contribution in [2.24, 2.45) is 0 Å². The Morgan fingerprint density at radius 2 is 1.87 bits per heavy atom. The number of hydrogen-bond acceptors (Lipinski definition) is 2. The minimum atomic E-state index is -1.62. The van der Waals surface area contributed by atoms with Gasteiger partial charge in [0.05, 0.1) is 16.9 Å². The van der Waals surface area contributed by atoms with E-state index in [1.807, 2.05) is 12.1 Å². The largest absolute Gasteiger partial charge is 0.417 e. The lowest BCUT2D eigenvalue weighted by molar-refractivity contribution is 0.276. The number of rotatable bonds is 7. The SMILES string of the molecule is CC(C)(C)[Si](C)(C)OCCCCn1c(CCl)nc2ccccc21. The van der Waals surface area contributed by atoms with Gasteiger partial charge < -0.3 is 8.99 Å². The Morgan fingerprint density at radius 3 is 2.52 bits per heavy atom. The highest BCUT2D eigenvalue weighted by molar-refractivity contribution is 6.74. The lowest BCUT2D eigenvalue weighted by Gasteiger charge is -2.36. The molecule has 3 nitrogen and oxygen atoms in total. The van der Waals surface area contributed by atoms with E-state index >= 15 is 0 Å². The number of aryl methyl sites for hydroxylation is 1. The number of imidazole rings is 1. The number of hydrogen-bond donors (Lipinski definition) is 0. The fraction of sp³-hybridized carbons (Fsp3) is 0.611. The molecule has 1 heterocycles. The number of fused-ring (bicyclic) bond motifs is 1. The van der Waals surface area contributed by atoms with Gasteiger partial charge in [-0.1, -0.05) is 32.9 Å². The van der Waals surface area contributed by atoms with Crippen LogP contribution in [-0.2, 0) is 16.9 Å². The van der Waals surface area contributed by atoms with Gasteiger partial charge in [-0.3, -0.25) is 0 Å². The van der Waals surface area contributed by atoms with E-state index in [2.05, 4.69) is 55.5 Å². The average Bonchev–Trinajstić information content (AvgIpc) is 2.83. The number of halogens is 1. The smallest absolute Gasteiger partial charge is 0.191 e. The number of aromatic nitrogens is 2. The summed E-state index contributed by atoms with van der Waals surface area (Å²) in [5, 5.41) is 0.277.